The molecule has 1 aliphatic heterocycles. The van der Waals surface area contributed by atoms with Crippen molar-refractivity contribution in [3.63, 3.8) is 0 Å². The van der Waals surface area contributed by atoms with Crippen molar-refractivity contribution in [1.29, 1.82) is 0 Å². The van der Waals surface area contributed by atoms with Crippen LogP contribution in [0.5, 0.6) is 11.5 Å². The van der Waals surface area contributed by atoms with Gasteiger partial charge < -0.3 is 19.7 Å². The zero-order chi connectivity index (χ0) is 25.3. The molecule has 0 unspecified atom stereocenters. The first kappa shape index (κ1) is 25.0. The van der Waals surface area contributed by atoms with Crippen molar-refractivity contribution in [3.8, 4) is 11.5 Å². The molecule has 0 bridgehead atoms. The fourth-order valence-electron chi connectivity index (χ4n) is 3.96. The van der Waals surface area contributed by atoms with Crippen LogP contribution in [0.2, 0.25) is 0 Å². The van der Waals surface area contributed by atoms with Gasteiger partial charge >= 0.3 is 0 Å². The van der Waals surface area contributed by atoms with E-state index in [0.717, 1.165) is 12.0 Å². The SMILES string of the molecule is Cc1ccc(OCC(=O)c2ccc3c(c2)N(CCCC(=O)NCCc2ccccc2)C(=O)CO3)cc1. The van der Waals surface area contributed by atoms with Crippen LogP contribution in [0.4, 0.5) is 5.69 Å². The van der Waals surface area contributed by atoms with E-state index < -0.39 is 0 Å². The summed E-state index contributed by atoms with van der Waals surface area (Å²) >= 11 is 0. The average molecular weight is 487 g/mol. The van der Waals surface area contributed by atoms with Gasteiger partial charge in [0.05, 0.1) is 5.69 Å². The second-order valence-corrected chi connectivity index (χ2v) is 8.73. The van der Waals surface area contributed by atoms with Crippen LogP contribution in [0.25, 0.3) is 0 Å². The van der Waals surface area contributed by atoms with Crippen LogP contribution in [-0.2, 0) is 16.0 Å². The lowest BCUT2D eigenvalue weighted by Gasteiger charge is -2.29. The summed E-state index contributed by atoms with van der Waals surface area (Å²) in [6.45, 7) is 2.73. The van der Waals surface area contributed by atoms with Gasteiger partial charge in [0.25, 0.3) is 5.91 Å². The van der Waals surface area contributed by atoms with Crippen LogP contribution in [0.3, 0.4) is 0 Å². The lowest BCUT2D eigenvalue weighted by atomic mass is 10.1. The summed E-state index contributed by atoms with van der Waals surface area (Å²) in [6, 6.07) is 22.5. The Kier molecular flexibility index (Phi) is 8.34. The molecule has 1 aliphatic rings. The molecular weight excluding hydrogens is 456 g/mol. The van der Waals surface area contributed by atoms with Crippen LogP contribution in [0, 0.1) is 6.92 Å². The van der Waals surface area contributed by atoms with Gasteiger partial charge in [0.15, 0.2) is 19.0 Å². The van der Waals surface area contributed by atoms with Crippen molar-refractivity contribution in [2.45, 2.75) is 26.2 Å². The van der Waals surface area contributed by atoms with E-state index in [9.17, 15) is 14.4 Å². The normalized spacial score (nSPS) is 12.5. The van der Waals surface area contributed by atoms with Crippen LogP contribution >= 0.6 is 0 Å². The van der Waals surface area contributed by atoms with E-state index >= 15 is 0 Å². The number of ketones is 1. The summed E-state index contributed by atoms with van der Waals surface area (Å²) in [7, 11) is 0. The number of ether oxygens (including phenoxy) is 2. The number of amides is 2. The van der Waals surface area contributed by atoms with Crippen LogP contribution in [0.1, 0.15) is 34.3 Å². The maximum absolute atomic E-state index is 12.7. The molecule has 0 saturated carbocycles. The van der Waals surface area contributed by atoms with Gasteiger partial charge in [-0.2, -0.15) is 0 Å². The van der Waals surface area contributed by atoms with Gasteiger partial charge in [-0.1, -0.05) is 48.0 Å². The highest BCUT2D eigenvalue weighted by atomic mass is 16.5. The van der Waals surface area contributed by atoms with Crippen LogP contribution in [0.15, 0.2) is 72.8 Å². The number of nitrogens with one attached hydrogen (secondary N) is 1. The second-order valence-electron chi connectivity index (χ2n) is 8.73. The molecule has 0 aliphatic carbocycles. The highest BCUT2D eigenvalue weighted by Crippen LogP contribution is 2.33. The molecular formula is C29H30N2O5. The fourth-order valence-corrected chi connectivity index (χ4v) is 3.96. The summed E-state index contributed by atoms with van der Waals surface area (Å²) in [4.78, 5) is 39.2. The molecule has 7 heteroatoms. The summed E-state index contributed by atoms with van der Waals surface area (Å²) in [5, 5.41) is 2.93. The smallest absolute Gasteiger partial charge is 0.265 e. The van der Waals surface area contributed by atoms with Crippen LogP contribution < -0.4 is 19.7 Å². The molecule has 0 saturated heterocycles. The highest BCUT2D eigenvalue weighted by Gasteiger charge is 2.26. The number of nitrogens with zero attached hydrogens (tertiary/aromatic N) is 1. The van der Waals surface area contributed by atoms with Crippen molar-refractivity contribution < 1.29 is 23.9 Å². The van der Waals surface area contributed by atoms with E-state index in [1.54, 1.807) is 23.1 Å². The van der Waals surface area contributed by atoms with E-state index in [-0.39, 0.29) is 30.8 Å². The predicted octanol–water partition coefficient (Wildman–Crippen LogP) is 4.12. The molecule has 0 fully saturated rings. The zero-order valence-corrected chi connectivity index (χ0v) is 20.4. The number of anilines is 1. The third-order valence-corrected chi connectivity index (χ3v) is 5.98. The minimum Gasteiger partial charge on any atom is -0.485 e. The Morgan fingerprint density at radius 2 is 1.81 bits per heavy atom. The first-order valence-corrected chi connectivity index (χ1v) is 12.1. The molecule has 0 aromatic heterocycles. The largest absolute Gasteiger partial charge is 0.485 e. The van der Waals surface area contributed by atoms with Gasteiger partial charge in [0.1, 0.15) is 11.5 Å². The van der Waals surface area contributed by atoms with E-state index in [1.807, 2.05) is 61.5 Å². The standard InChI is InChI=1S/C29H30N2O5/c1-21-9-12-24(13-10-21)35-19-26(32)23-11-14-27-25(18-23)31(29(34)20-36-27)17-5-8-28(33)30-16-15-22-6-3-2-4-7-22/h2-4,6-7,9-14,18H,5,8,15-17,19-20H2,1H3,(H,30,33). The molecule has 4 rings (SSSR count). The number of rotatable bonds is 11. The monoisotopic (exact) mass is 486 g/mol. The Bertz CT molecular complexity index is 1210. The lowest BCUT2D eigenvalue weighted by molar-refractivity contribution is -0.122. The highest BCUT2D eigenvalue weighted by molar-refractivity contribution is 6.02. The second kappa shape index (κ2) is 12.0. The van der Waals surface area contributed by atoms with E-state index in [2.05, 4.69) is 5.32 Å². The van der Waals surface area contributed by atoms with Crippen molar-refractivity contribution in [1.82, 2.24) is 5.32 Å². The maximum atomic E-state index is 12.7. The summed E-state index contributed by atoms with van der Waals surface area (Å²) in [5.74, 6) is 0.706. The quantitative estimate of drug-likeness (QED) is 0.412. The number of hydrogen-bond acceptors (Lipinski definition) is 5. The number of Topliss-reactive ketones (excluding diaryl/α,β-unsaturated/α-hetero) is 1. The average Bonchev–Trinajstić information content (AvgIpc) is 2.90. The van der Waals surface area contributed by atoms with Gasteiger partial charge in [-0.25, -0.2) is 0 Å². The molecule has 186 valence electrons. The van der Waals surface area contributed by atoms with Gasteiger partial charge in [0, 0.05) is 25.1 Å². The van der Waals surface area contributed by atoms with E-state index in [4.69, 9.17) is 9.47 Å². The van der Waals surface area contributed by atoms with Crippen molar-refractivity contribution >= 4 is 23.3 Å². The molecule has 0 atom stereocenters. The number of fused-ring (bicyclic) bond motifs is 1. The van der Waals surface area contributed by atoms with E-state index in [0.29, 0.717) is 48.7 Å². The Balaban J connectivity index is 1.30. The predicted molar refractivity (Wildman–Crippen MR) is 138 cm³/mol. The first-order valence-electron chi connectivity index (χ1n) is 12.1. The summed E-state index contributed by atoms with van der Waals surface area (Å²) < 4.78 is 11.2. The molecule has 2 amide bonds. The fraction of sp³-hybridized carbons (Fsp3) is 0.276. The maximum Gasteiger partial charge on any atom is 0.265 e. The lowest BCUT2D eigenvalue weighted by Crippen LogP contribution is -2.40. The molecule has 3 aromatic carbocycles. The minimum absolute atomic E-state index is 0.0518. The molecule has 3 aromatic rings. The number of carbonyl (C=O) groups is 3. The molecule has 0 radical (unpaired) electrons. The zero-order valence-electron chi connectivity index (χ0n) is 20.4. The summed E-state index contributed by atoms with van der Waals surface area (Å²) in [6.07, 6.45) is 1.57. The number of hydrogen-bond donors (Lipinski definition) is 1. The van der Waals surface area contributed by atoms with E-state index in [1.165, 1.54) is 5.56 Å². The molecule has 0 spiro atoms. The first-order chi connectivity index (χ1) is 17.5. The van der Waals surface area contributed by atoms with Crippen LogP contribution in [-0.4, -0.2) is 43.9 Å². The Morgan fingerprint density at radius 3 is 2.58 bits per heavy atom. The number of aryl methyl sites for hydroxylation is 1. The molecule has 1 heterocycles. The van der Waals surface area contributed by atoms with Crippen molar-refractivity contribution in [2.75, 3.05) is 31.2 Å². The Hall–Kier alpha value is -4.13. The van der Waals surface area contributed by atoms with Gasteiger partial charge in [-0.15, -0.1) is 0 Å². The molecule has 7 nitrogen and oxygen atoms in total. The topological polar surface area (TPSA) is 84.9 Å². The number of benzene rings is 3. The summed E-state index contributed by atoms with van der Waals surface area (Å²) in [5.41, 5.74) is 3.25. The Morgan fingerprint density at radius 1 is 1.03 bits per heavy atom. The minimum atomic E-state index is -0.201. The van der Waals surface area contributed by atoms with Gasteiger partial charge in [-0.05, 0) is 55.7 Å². The van der Waals surface area contributed by atoms with Crippen molar-refractivity contribution in [2.24, 2.45) is 0 Å². The third-order valence-electron chi connectivity index (χ3n) is 5.98. The number of carbonyl (C=O) groups excluding carboxylic acids is 3. The molecule has 36 heavy (non-hydrogen) atoms. The molecule has 1 N–H and O–H groups in total. The van der Waals surface area contributed by atoms with Gasteiger partial charge in [-0.3, -0.25) is 14.4 Å². The Labute approximate surface area is 211 Å². The van der Waals surface area contributed by atoms with Gasteiger partial charge in [0.2, 0.25) is 5.91 Å². The van der Waals surface area contributed by atoms with Crippen molar-refractivity contribution in [3.05, 3.63) is 89.5 Å². The third kappa shape index (κ3) is 6.72.